The van der Waals surface area contributed by atoms with Crippen molar-refractivity contribution in [3.05, 3.63) is 41.3 Å². The van der Waals surface area contributed by atoms with E-state index in [9.17, 15) is 9.90 Å². The molecule has 0 bridgehead atoms. The molecular weight excluding hydrogens is 220 g/mol. The average molecular weight is 232 g/mol. The molecule has 2 aromatic rings. The third-order valence-electron chi connectivity index (χ3n) is 2.42. The number of carbonyl (C=O) groups excluding carboxylic acids is 1. The van der Waals surface area contributed by atoms with Crippen molar-refractivity contribution in [3.63, 3.8) is 0 Å². The SMILES string of the molecule is CCC(=O)c1cc(-c2cccs2)ccc1O. The molecule has 0 unspecified atom stereocenters. The highest BCUT2D eigenvalue weighted by Gasteiger charge is 2.10. The van der Waals surface area contributed by atoms with E-state index < -0.39 is 0 Å². The molecule has 1 N–H and O–H groups in total. The van der Waals surface area contributed by atoms with E-state index in [1.807, 2.05) is 23.6 Å². The number of benzene rings is 1. The Balaban J connectivity index is 2.47. The summed E-state index contributed by atoms with van der Waals surface area (Å²) < 4.78 is 0. The van der Waals surface area contributed by atoms with E-state index in [0.29, 0.717) is 12.0 Å². The molecule has 0 aliphatic carbocycles. The Morgan fingerprint density at radius 3 is 2.81 bits per heavy atom. The second-order valence-corrected chi connectivity index (χ2v) is 4.43. The van der Waals surface area contributed by atoms with Crippen LogP contribution < -0.4 is 0 Å². The first-order chi connectivity index (χ1) is 7.72. The Bertz CT molecular complexity index is 501. The van der Waals surface area contributed by atoms with Gasteiger partial charge in [0.1, 0.15) is 5.75 Å². The van der Waals surface area contributed by atoms with Crippen LogP contribution in [0.3, 0.4) is 0 Å². The summed E-state index contributed by atoms with van der Waals surface area (Å²) in [6.07, 6.45) is 0.404. The standard InChI is InChI=1S/C13H12O2S/c1-2-11(14)10-8-9(5-6-12(10)15)13-4-3-7-16-13/h3-8,15H,2H2,1H3. The number of Topliss-reactive ketones (excluding diaryl/α,β-unsaturated/α-hetero) is 1. The van der Waals surface area contributed by atoms with Crippen molar-refractivity contribution >= 4 is 17.1 Å². The smallest absolute Gasteiger partial charge is 0.166 e. The first kappa shape index (κ1) is 10.9. The Hall–Kier alpha value is -1.61. The number of hydrogen-bond acceptors (Lipinski definition) is 3. The number of hydrogen-bond donors (Lipinski definition) is 1. The van der Waals surface area contributed by atoms with Gasteiger partial charge in [0.15, 0.2) is 5.78 Å². The molecule has 0 aliphatic rings. The second-order valence-electron chi connectivity index (χ2n) is 3.49. The first-order valence-corrected chi connectivity index (χ1v) is 6.00. The van der Waals surface area contributed by atoms with Crippen LogP contribution in [0.4, 0.5) is 0 Å². The second kappa shape index (κ2) is 4.49. The summed E-state index contributed by atoms with van der Waals surface area (Å²) in [6, 6.07) is 9.13. The highest BCUT2D eigenvalue weighted by atomic mass is 32.1. The van der Waals surface area contributed by atoms with E-state index in [2.05, 4.69) is 0 Å². The Labute approximate surface area is 98.2 Å². The summed E-state index contributed by atoms with van der Waals surface area (Å²) in [5.41, 5.74) is 1.39. The maximum Gasteiger partial charge on any atom is 0.166 e. The van der Waals surface area contributed by atoms with Crippen molar-refractivity contribution in [2.24, 2.45) is 0 Å². The van der Waals surface area contributed by atoms with Crippen LogP contribution in [0.25, 0.3) is 10.4 Å². The van der Waals surface area contributed by atoms with Crippen molar-refractivity contribution < 1.29 is 9.90 Å². The van der Waals surface area contributed by atoms with E-state index in [1.165, 1.54) is 0 Å². The molecule has 3 heteroatoms. The normalized spacial score (nSPS) is 10.3. The molecule has 2 rings (SSSR count). The summed E-state index contributed by atoms with van der Waals surface area (Å²) >= 11 is 1.62. The van der Waals surface area contributed by atoms with Crippen molar-refractivity contribution in [1.29, 1.82) is 0 Å². The van der Waals surface area contributed by atoms with Crippen molar-refractivity contribution in [2.75, 3.05) is 0 Å². The van der Waals surface area contributed by atoms with Gasteiger partial charge in [-0.25, -0.2) is 0 Å². The predicted molar refractivity (Wildman–Crippen MR) is 66.0 cm³/mol. The lowest BCUT2D eigenvalue weighted by atomic mass is 10.0. The van der Waals surface area contributed by atoms with Crippen LogP contribution in [0.15, 0.2) is 35.7 Å². The zero-order chi connectivity index (χ0) is 11.5. The third kappa shape index (κ3) is 1.99. The van der Waals surface area contributed by atoms with Crippen molar-refractivity contribution in [1.82, 2.24) is 0 Å². The van der Waals surface area contributed by atoms with Crippen LogP contribution >= 0.6 is 11.3 Å². The van der Waals surface area contributed by atoms with Gasteiger partial charge in [0.05, 0.1) is 5.56 Å². The molecule has 1 aromatic heterocycles. The monoisotopic (exact) mass is 232 g/mol. The van der Waals surface area contributed by atoms with E-state index in [-0.39, 0.29) is 11.5 Å². The molecule has 82 valence electrons. The summed E-state index contributed by atoms with van der Waals surface area (Å²) in [4.78, 5) is 12.7. The van der Waals surface area contributed by atoms with Gasteiger partial charge in [-0.3, -0.25) is 4.79 Å². The molecule has 0 spiro atoms. The largest absolute Gasteiger partial charge is 0.507 e. The number of ketones is 1. The van der Waals surface area contributed by atoms with Gasteiger partial charge >= 0.3 is 0 Å². The molecular formula is C13H12O2S. The molecule has 1 heterocycles. The maximum absolute atomic E-state index is 11.6. The minimum atomic E-state index is -0.0316. The maximum atomic E-state index is 11.6. The van der Waals surface area contributed by atoms with Crippen molar-refractivity contribution in [3.8, 4) is 16.2 Å². The van der Waals surface area contributed by atoms with Gasteiger partial charge in [-0.2, -0.15) is 0 Å². The highest BCUT2D eigenvalue weighted by Crippen LogP contribution is 2.29. The lowest BCUT2D eigenvalue weighted by Gasteiger charge is -2.04. The molecule has 16 heavy (non-hydrogen) atoms. The van der Waals surface area contributed by atoms with Crippen molar-refractivity contribution in [2.45, 2.75) is 13.3 Å². The van der Waals surface area contributed by atoms with Crippen LogP contribution in [-0.2, 0) is 0 Å². The summed E-state index contributed by atoms with van der Waals surface area (Å²) in [5, 5.41) is 11.6. The first-order valence-electron chi connectivity index (χ1n) is 5.12. The van der Waals surface area contributed by atoms with Crippen LogP contribution in [0.1, 0.15) is 23.7 Å². The highest BCUT2D eigenvalue weighted by molar-refractivity contribution is 7.13. The number of thiophene rings is 1. The van der Waals surface area contributed by atoms with Gasteiger partial charge < -0.3 is 5.11 Å². The molecule has 0 saturated carbocycles. The summed E-state index contributed by atoms with van der Waals surface area (Å²) in [7, 11) is 0. The van der Waals surface area contributed by atoms with E-state index in [0.717, 1.165) is 10.4 Å². The van der Waals surface area contributed by atoms with Gasteiger partial charge in [-0.1, -0.05) is 13.0 Å². The predicted octanol–water partition coefficient (Wildman–Crippen LogP) is 3.71. The van der Waals surface area contributed by atoms with Gasteiger partial charge in [-0.15, -0.1) is 11.3 Å². The number of aromatic hydroxyl groups is 1. The molecule has 2 nitrogen and oxygen atoms in total. The molecule has 0 radical (unpaired) electrons. The van der Waals surface area contributed by atoms with Crippen LogP contribution in [0.5, 0.6) is 5.75 Å². The Morgan fingerprint density at radius 2 is 2.19 bits per heavy atom. The van der Waals surface area contributed by atoms with Gasteiger partial charge in [-0.05, 0) is 35.2 Å². The van der Waals surface area contributed by atoms with E-state index in [4.69, 9.17) is 0 Å². The molecule has 0 fully saturated rings. The summed E-state index contributed by atoms with van der Waals surface area (Å²) in [5.74, 6) is 0.0306. The quantitative estimate of drug-likeness (QED) is 0.819. The van der Waals surface area contributed by atoms with E-state index >= 15 is 0 Å². The molecule has 0 aliphatic heterocycles. The fourth-order valence-corrected chi connectivity index (χ4v) is 2.27. The van der Waals surface area contributed by atoms with Crippen LogP contribution in [0, 0.1) is 0 Å². The van der Waals surface area contributed by atoms with Gasteiger partial charge in [0.2, 0.25) is 0 Å². The number of phenols is 1. The fraction of sp³-hybridized carbons (Fsp3) is 0.154. The lowest BCUT2D eigenvalue weighted by molar-refractivity contribution is 0.0985. The molecule has 0 atom stereocenters. The Kier molecular flexibility index (Phi) is 3.06. The van der Waals surface area contributed by atoms with Gasteiger partial charge in [0.25, 0.3) is 0 Å². The molecule has 0 saturated heterocycles. The minimum absolute atomic E-state index is 0.0316. The van der Waals surface area contributed by atoms with Crippen LogP contribution in [0.2, 0.25) is 0 Å². The average Bonchev–Trinajstić information content (AvgIpc) is 2.82. The molecule has 0 amide bonds. The minimum Gasteiger partial charge on any atom is -0.507 e. The zero-order valence-electron chi connectivity index (χ0n) is 8.93. The molecule has 1 aromatic carbocycles. The van der Waals surface area contributed by atoms with Gasteiger partial charge in [0, 0.05) is 11.3 Å². The Morgan fingerprint density at radius 1 is 1.38 bits per heavy atom. The van der Waals surface area contributed by atoms with Crippen LogP contribution in [-0.4, -0.2) is 10.9 Å². The topological polar surface area (TPSA) is 37.3 Å². The fourth-order valence-electron chi connectivity index (χ4n) is 1.55. The third-order valence-corrected chi connectivity index (χ3v) is 3.34. The van der Waals surface area contributed by atoms with E-state index in [1.54, 1.807) is 30.4 Å². The number of carbonyl (C=O) groups is 1. The lowest BCUT2D eigenvalue weighted by Crippen LogP contribution is -1.97. The zero-order valence-corrected chi connectivity index (χ0v) is 9.75. The number of phenolic OH excluding ortho intramolecular Hbond substituents is 1. The number of rotatable bonds is 3. The summed E-state index contributed by atoms with van der Waals surface area (Å²) in [6.45, 7) is 1.79.